The maximum atomic E-state index is 6.32. The highest BCUT2D eigenvalue weighted by molar-refractivity contribution is 6.37. The van der Waals surface area contributed by atoms with Crippen LogP contribution in [-0.4, -0.2) is 25.2 Å². The molecule has 0 aliphatic carbocycles. The molecule has 1 atom stereocenters. The van der Waals surface area contributed by atoms with Crippen molar-refractivity contribution in [3.05, 3.63) is 51.9 Å². The van der Waals surface area contributed by atoms with Crippen LogP contribution in [0.4, 0.5) is 0 Å². The van der Waals surface area contributed by atoms with Crippen molar-refractivity contribution in [2.75, 3.05) is 13.2 Å². The zero-order chi connectivity index (χ0) is 17.6. The van der Waals surface area contributed by atoms with E-state index in [2.05, 4.69) is 4.99 Å². The standard InChI is InChI=1S/C19H21Cl2NO3/c1-13-12-25-19(22-13)14-10-16(20)18(17(21)11-14)24-8-4-2-3-6-15-7-5-9-23-15/h5,7,9-11,13H,2-4,6,8,12H2,1H3. The summed E-state index contributed by atoms with van der Waals surface area (Å²) >= 11 is 12.6. The van der Waals surface area contributed by atoms with E-state index in [0.717, 1.165) is 37.0 Å². The molecule has 0 radical (unpaired) electrons. The molecule has 1 aliphatic heterocycles. The monoisotopic (exact) mass is 381 g/mol. The molecule has 2 heterocycles. The number of halogens is 2. The number of nitrogens with zero attached hydrogens (tertiary/aromatic N) is 1. The lowest BCUT2D eigenvalue weighted by Crippen LogP contribution is -2.04. The van der Waals surface area contributed by atoms with Gasteiger partial charge in [-0.1, -0.05) is 23.2 Å². The molecule has 1 aliphatic rings. The van der Waals surface area contributed by atoms with Crippen LogP contribution in [0.2, 0.25) is 10.0 Å². The normalized spacial score (nSPS) is 16.6. The van der Waals surface area contributed by atoms with E-state index in [4.69, 9.17) is 37.1 Å². The van der Waals surface area contributed by atoms with Crippen LogP contribution in [0.25, 0.3) is 0 Å². The lowest BCUT2D eigenvalue weighted by Gasteiger charge is -2.12. The maximum absolute atomic E-state index is 6.32. The van der Waals surface area contributed by atoms with Crippen molar-refractivity contribution in [1.82, 2.24) is 0 Å². The molecular weight excluding hydrogens is 361 g/mol. The highest BCUT2D eigenvalue weighted by Gasteiger charge is 2.19. The Kier molecular flexibility index (Phi) is 6.27. The molecule has 0 N–H and O–H groups in total. The molecule has 0 spiro atoms. The molecule has 1 aromatic carbocycles. The highest BCUT2D eigenvalue weighted by atomic mass is 35.5. The van der Waals surface area contributed by atoms with Gasteiger partial charge in [-0.2, -0.15) is 0 Å². The van der Waals surface area contributed by atoms with Crippen LogP contribution in [0.15, 0.2) is 39.9 Å². The van der Waals surface area contributed by atoms with Crippen LogP contribution >= 0.6 is 23.2 Å². The molecule has 4 nitrogen and oxygen atoms in total. The Morgan fingerprint density at radius 2 is 2.00 bits per heavy atom. The molecule has 25 heavy (non-hydrogen) atoms. The van der Waals surface area contributed by atoms with Gasteiger partial charge < -0.3 is 13.9 Å². The first-order valence-electron chi connectivity index (χ1n) is 8.48. The van der Waals surface area contributed by atoms with Gasteiger partial charge in [0.25, 0.3) is 0 Å². The predicted octanol–water partition coefficient (Wildman–Crippen LogP) is 5.54. The third-order valence-electron chi connectivity index (χ3n) is 3.94. The van der Waals surface area contributed by atoms with Gasteiger partial charge in [-0.15, -0.1) is 0 Å². The molecule has 0 bridgehead atoms. The zero-order valence-electron chi connectivity index (χ0n) is 14.1. The van der Waals surface area contributed by atoms with Crippen molar-refractivity contribution in [2.24, 2.45) is 4.99 Å². The summed E-state index contributed by atoms with van der Waals surface area (Å²) in [6.07, 6.45) is 5.70. The number of ether oxygens (including phenoxy) is 2. The van der Waals surface area contributed by atoms with Crippen LogP contribution in [0, 0.1) is 0 Å². The van der Waals surface area contributed by atoms with Crippen molar-refractivity contribution in [1.29, 1.82) is 0 Å². The molecule has 0 saturated heterocycles. The Labute approximate surface area is 157 Å². The first-order valence-corrected chi connectivity index (χ1v) is 9.24. The Hall–Kier alpha value is -1.65. The molecule has 3 rings (SSSR count). The van der Waals surface area contributed by atoms with Gasteiger partial charge in [0, 0.05) is 12.0 Å². The molecule has 134 valence electrons. The fraction of sp³-hybridized carbons (Fsp3) is 0.421. The van der Waals surface area contributed by atoms with Crippen molar-refractivity contribution < 1.29 is 13.9 Å². The second-order valence-corrected chi connectivity index (χ2v) is 6.92. The fourth-order valence-corrected chi connectivity index (χ4v) is 3.26. The van der Waals surface area contributed by atoms with Gasteiger partial charge in [0.2, 0.25) is 5.90 Å². The number of furan rings is 1. The summed E-state index contributed by atoms with van der Waals surface area (Å²) in [6, 6.07) is 7.64. The van der Waals surface area contributed by atoms with Gasteiger partial charge in [0.1, 0.15) is 12.4 Å². The molecule has 6 heteroatoms. The summed E-state index contributed by atoms with van der Waals surface area (Å²) in [4.78, 5) is 4.42. The predicted molar refractivity (Wildman–Crippen MR) is 100 cm³/mol. The lowest BCUT2D eigenvalue weighted by molar-refractivity contribution is 0.304. The van der Waals surface area contributed by atoms with Crippen LogP contribution in [0.5, 0.6) is 5.75 Å². The summed E-state index contributed by atoms with van der Waals surface area (Å²) < 4.78 is 16.6. The van der Waals surface area contributed by atoms with Crippen molar-refractivity contribution in [3.63, 3.8) is 0 Å². The number of aliphatic imine (C=N–C) groups is 1. The van der Waals surface area contributed by atoms with Crippen LogP contribution in [0.3, 0.4) is 0 Å². The van der Waals surface area contributed by atoms with E-state index in [1.54, 1.807) is 18.4 Å². The number of hydrogen-bond acceptors (Lipinski definition) is 4. The first-order chi connectivity index (χ1) is 12.1. The van der Waals surface area contributed by atoms with Crippen molar-refractivity contribution in [2.45, 2.75) is 38.6 Å². The minimum absolute atomic E-state index is 0.157. The molecule has 0 fully saturated rings. The van der Waals surface area contributed by atoms with Gasteiger partial charge in [0.05, 0.1) is 29.0 Å². The van der Waals surface area contributed by atoms with Gasteiger partial charge in [-0.25, -0.2) is 4.99 Å². The van der Waals surface area contributed by atoms with Crippen molar-refractivity contribution >= 4 is 29.1 Å². The summed E-state index contributed by atoms with van der Waals surface area (Å²) in [7, 11) is 0. The SMILES string of the molecule is CC1COC(c2cc(Cl)c(OCCCCCc3ccco3)c(Cl)c2)=N1. The maximum Gasteiger partial charge on any atom is 0.216 e. The van der Waals surface area contributed by atoms with E-state index in [9.17, 15) is 0 Å². The zero-order valence-corrected chi connectivity index (χ0v) is 15.6. The Morgan fingerprint density at radius 1 is 1.20 bits per heavy atom. The Bertz CT molecular complexity index is 705. The average molecular weight is 382 g/mol. The van der Waals surface area contributed by atoms with E-state index >= 15 is 0 Å². The van der Waals surface area contributed by atoms with Gasteiger partial charge >= 0.3 is 0 Å². The van der Waals surface area contributed by atoms with Crippen LogP contribution in [0.1, 0.15) is 37.5 Å². The van der Waals surface area contributed by atoms with E-state index in [0.29, 0.717) is 34.9 Å². The summed E-state index contributed by atoms with van der Waals surface area (Å²) in [6.45, 7) is 3.16. The van der Waals surface area contributed by atoms with E-state index < -0.39 is 0 Å². The third kappa shape index (κ3) is 4.93. The average Bonchev–Trinajstić information content (AvgIpc) is 3.24. The highest BCUT2D eigenvalue weighted by Crippen LogP contribution is 2.35. The van der Waals surface area contributed by atoms with Crippen LogP contribution in [-0.2, 0) is 11.2 Å². The molecule has 2 aromatic rings. The smallest absolute Gasteiger partial charge is 0.216 e. The topological polar surface area (TPSA) is 44.0 Å². The largest absolute Gasteiger partial charge is 0.490 e. The summed E-state index contributed by atoms with van der Waals surface area (Å²) in [5.41, 5.74) is 0.783. The fourth-order valence-electron chi connectivity index (χ4n) is 2.66. The minimum atomic E-state index is 0.157. The van der Waals surface area contributed by atoms with E-state index in [-0.39, 0.29) is 6.04 Å². The Morgan fingerprint density at radius 3 is 2.64 bits per heavy atom. The van der Waals surface area contributed by atoms with E-state index in [1.165, 1.54) is 0 Å². The lowest BCUT2D eigenvalue weighted by atomic mass is 10.1. The van der Waals surface area contributed by atoms with Gasteiger partial charge in [0.15, 0.2) is 5.75 Å². The molecule has 1 aromatic heterocycles. The quantitative estimate of drug-likeness (QED) is 0.563. The van der Waals surface area contributed by atoms with Crippen molar-refractivity contribution in [3.8, 4) is 5.75 Å². The number of benzene rings is 1. The minimum Gasteiger partial charge on any atom is -0.490 e. The van der Waals surface area contributed by atoms with E-state index in [1.807, 2.05) is 19.1 Å². The number of aryl methyl sites for hydroxylation is 1. The first kappa shape index (κ1) is 18.2. The van der Waals surface area contributed by atoms with Gasteiger partial charge in [-0.3, -0.25) is 0 Å². The number of unbranched alkanes of at least 4 members (excludes halogenated alkanes) is 2. The second kappa shape index (κ2) is 8.63. The number of rotatable bonds is 8. The molecule has 0 saturated carbocycles. The Balaban J connectivity index is 1.48. The molecule has 0 amide bonds. The summed E-state index contributed by atoms with van der Waals surface area (Å²) in [5.74, 6) is 2.12. The molecule has 1 unspecified atom stereocenters. The second-order valence-electron chi connectivity index (χ2n) is 6.10. The summed E-state index contributed by atoms with van der Waals surface area (Å²) in [5, 5.41) is 0.952. The van der Waals surface area contributed by atoms with Gasteiger partial charge in [-0.05, 0) is 50.5 Å². The number of hydrogen-bond donors (Lipinski definition) is 0. The third-order valence-corrected chi connectivity index (χ3v) is 4.50. The van der Waals surface area contributed by atoms with Crippen LogP contribution < -0.4 is 4.74 Å². The molecular formula is C19H21Cl2NO3.